The molecule has 0 bridgehead atoms. The molecular formula is C16H22N2O3. The Morgan fingerprint density at radius 1 is 1.33 bits per heavy atom. The number of fused-ring (bicyclic) bond motifs is 1. The molecule has 0 aliphatic carbocycles. The van der Waals surface area contributed by atoms with Crippen molar-refractivity contribution >= 4 is 17.6 Å². The molecule has 2 N–H and O–H groups in total. The van der Waals surface area contributed by atoms with Crippen LogP contribution in [0.25, 0.3) is 0 Å². The van der Waals surface area contributed by atoms with Gasteiger partial charge >= 0.3 is 5.97 Å². The minimum absolute atomic E-state index is 0.0990. The Morgan fingerprint density at radius 2 is 2.00 bits per heavy atom. The summed E-state index contributed by atoms with van der Waals surface area (Å²) in [7, 11) is 0. The van der Waals surface area contributed by atoms with Crippen LogP contribution in [0.15, 0.2) is 18.2 Å². The van der Waals surface area contributed by atoms with E-state index in [9.17, 15) is 14.7 Å². The van der Waals surface area contributed by atoms with E-state index in [4.69, 9.17) is 0 Å². The number of carboxylic acid groups (broad SMARTS) is 1. The number of benzene rings is 1. The third kappa shape index (κ3) is 3.24. The average molecular weight is 290 g/mol. The Balaban J connectivity index is 2.30. The zero-order valence-corrected chi connectivity index (χ0v) is 12.6. The molecule has 1 aliphatic heterocycles. The van der Waals surface area contributed by atoms with Crippen molar-refractivity contribution in [2.45, 2.75) is 39.2 Å². The van der Waals surface area contributed by atoms with E-state index >= 15 is 0 Å². The second-order valence-electron chi connectivity index (χ2n) is 5.39. The predicted molar refractivity (Wildman–Crippen MR) is 81.7 cm³/mol. The molecule has 5 nitrogen and oxygen atoms in total. The van der Waals surface area contributed by atoms with Crippen molar-refractivity contribution in [3.8, 4) is 0 Å². The molecule has 0 saturated heterocycles. The molecule has 1 unspecified atom stereocenters. The van der Waals surface area contributed by atoms with Crippen molar-refractivity contribution in [2.75, 3.05) is 18.4 Å². The number of nitrogens with one attached hydrogen (secondary N) is 1. The molecule has 0 fully saturated rings. The summed E-state index contributed by atoms with van der Waals surface area (Å²) in [6, 6.07) is 4.95. The number of amides is 1. The van der Waals surface area contributed by atoms with Gasteiger partial charge < -0.3 is 10.4 Å². The summed E-state index contributed by atoms with van der Waals surface area (Å²) < 4.78 is 0. The van der Waals surface area contributed by atoms with Crippen LogP contribution in [-0.2, 0) is 11.2 Å². The van der Waals surface area contributed by atoms with Crippen molar-refractivity contribution in [3.05, 3.63) is 29.3 Å². The minimum atomic E-state index is -1.01. The molecule has 114 valence electrons. The highest BCUT2D eigenvalue weighted by atomic mass is 16.4. The zero-order valence-electron chi connectivity index (χ0n) is 12.6. The van der Waals surface area contributed by atoms with Crippen LogP contribution in [0.1, 0.15) is 42.6 Å². The van der Waals surface area contributed by atoms with E-state index in [0.717, 1.165) is 31.5 Å². The van der Waals surface area contributed by atoms with Crippen LogP contribution in [-0.4, -0.2) is 41.0 Å². The van der Waals surface area contributed by atoms with Crippen LogP contribution in [0.2, 0.25) is 0 Å². The lowest BCUT2D eigenvalue weighted by Crippen LogP contribution is -2.48. The van der Waals surface area contributed by atoms with Crippen LogP contribution < -0.4 is 5.32 Å². The lowest BCUT2D eigenvalue weighted by molar-refractivity contribution is -0.121. The largest absolute Gasteiger partial charge is 0.478 e. The maximum absolute atomic E-state index is 12.4. The highest BCUT2D eigenvalue weighted by molar-refractivity contribution is 6.05. The number of rotatable bonds is 6. The standard InChI is InChI=1S/C16H22N2O3/c1-3-8-18(9-4-2)13-10-11-6-5-7-12(16(20)21)14(11)17-15(13)19/h5-7,13H,3-4,8-10H2,1-2H3,(H,17,19)(H,20,21). The lowest BCUT2D eigenvalue weighted by atomic mass is 9.94. The molecule has 1 amide bonds. The van der Waals surface area contributed by atoms with Crippen LogP contribution in [0, 0.1) is 0 Å². The van der Waals surface area contributed by atoms with Gasteiger partial charge in [-0.2, -0.15) is 0 Å². The van der Waals surface area contributed by atoms with Crippen molar-refractivity contribution < 1.29 is 14.7 Å². The van der Waals surface area contributed by atoms with Gasteiger partial charge in [0.05, 0.1) is 17.3 Å². The topological polar surface area (TPSA) is 69.6 Å². The van der Waals surface area contributed by atoms with Crippen LogP contribution in [0.4, 0.5) is 5.69 Å². The lowest BCUT2D eigenvalue weighted by Gasteiger charge is -2.34. The maximum Gasteiger partial charge on any atom is 0.337 e. The quantitative estimate of drug-likeness (QED) is 0.844. The van der Waals surface area contributed by atoms with E-state index in [1.54, 1.807) is 6.07 Å². The molecule has 1 aromatic rings. The molecule has 5 heteroatoms. The van der Waals surface area contributed by atoms with E-state index in [0.29, 0.717) is 12.1 Å². The number of nitrogens with zero attached hydrogens (tertiary/aromatic N) is 1. The molecule has 1 heterocycles. The fraction of sp³-hybridized carbons (Fsp3) is 0.500. The van der Waals surface area contributed by atoms with E-state index < -0.39 is 5.97 Å². The Hall–Kier alpha value is -1.88. The molecule has 0 saturated carbocycles. The molecule has 0 aromatic heterocycles. The molecule has 1 aromatic carbocycles. The Labute approximate surface area is 125 Å². The molecule has 1 aliphatic rings. The van der Waals surface area contributed by atoms with Crippen molar-refractivity contribution in [1.29, 1.82) is 0 Å². The second-order valence-corrected chi connectivity index (χ2v) is 5.39. The first-order chi connectivity index (χ1) is 10.1. The van der Waals surface area contributed by atoms with E-state index in [2.05, 4.69) is 24.1 Å². The summed E-state index contributed by atoms with van der Waals surface area (Å²) in [6.45, 7) is 5.94. The van der Waals surface area contributed by atoms with Gasteiger partial charge in [-0.05, 0) is 44.0 Å². The molecule has 1 atom stereocenters. The number of anilines is 1. The van der Waals surface area contributed by atoms with Crippen LogP contribution in [0.3, 0.4) is 0 Å². The maximum atomic E-state index is 12.4. The summed E-state index contributed by atoms with van der Waals surface area (Å²) in [5, 5.41) is 12.0. The van der Waals surface area contributed by atoms with Crippen molar-refractivity contribution in [3.63, 3.8) is 0 Å². The highest BCUT2D eigenvalue weighted by Gasteiger charge is 2.32. The summed E-state index contributed by atoms with van der Waals surface area (Å²) >= 11 is 0. The molecule has 0 radical (unpaired) electrons. The number of carbonyl (C=O) groups excluding carboxylic acids is 1. The number of carbonyl (C=O) groups is 2. The van der Waals surface area contributed by atoms with Crippen LogP contribution >= 0.6 is 0 Å². The summed E-state index contributed by atoms with van der Waals surface area (Å²) in [4.78, 5) is 25.8. The SMILES string of the molecule is CCCN(CCC)C1Cc2cccc(C(=O)O)c2NC1=O. The molecular weight excluding hydrogens is 268 g/mol. The number of hydrogen-bond donors (Lipinski definition) is 2. The van der Waals surface area contributed by atoms with Gasteiger partial charge in [0.2, 0.25) is 5.91 Å². The highest BCUT2D eigenvalue weighted by Crippen LogP contribution is 2.28. The van der Waals surface area contributed by atoms with Gasteiger partial charge in [-0.25, -0.2) is 4.79 Å². The third-order valence-corrected chi connectivity index (χ3v) is 3.81. The Morgan fingerprint density at radius 3 is 2.57 bits per heavy atom. The van der Waals surface area contributed by atoms with E-state index in [1.807, 2.05) is 6.07 Å². The Bertz CT molecular complexity index is 536. The molecule has 21 heavy (non-hydrogen) atoms. The second kappa shape index (κ2) is 6.72. The van der Waals surface area contributed by atoms with Gasteiger partial charge in [-0.15, -0.1) is 0 Å². The average Bonchev–Trinajstić information content (AvgIpc) is 2.45. The number of carboxylic acids is 1. The predicted octanol–water partition coefficient (Wildman–Crippen LogP) is 2.37. The van der Waals surface area contributed by atoms with Gasteiger partial charge in [-0.3, -0.25) is 9.69 Å². The monoisotopic (exact) mass is 290 g/mol. The van der Waals surface area contributed by atoms with Crippen molar-refractivity contribution in [1.82, 2.24) is 4.90 Å². The summed E-state index contributed by atoms with van der Waals surface area (Å²) in [5.41, 5.74) is 1.52. The fourth-order valence-electron chi connectivity index (χ4n) is 2.90. The first kappa shape index (κ1) is 15.5. The smallest absolute Gasteiger partial charge is 0.337 e. The zero-order chi connectivity index (χ0) is 15.4. The number of para-hydroxylation sites is 1. The van der Waals surface area contributed by atoms with Crippen LogP contribution in [0.5, 0.6) is 0 Å². The first-order valence-electron chi connectivity index (χ1n) is 7.48. The third-order valence-electron chi connectivity index (χ3n) is 3.81. The molecule has 0 spiro atoms. The van der Waals surface area contributed by atoms with Gasteiger partial charge in [0, 0.05) is 0 Å². The summed E-state index contributed by atoms with van der Waals surface area (Å²) in [5.74, 6) is -1.11. The van der Waals surface area contributed by atoms with E-state index in [1.165, 1.54) is 6.07 Å². The van der Waals surface area contributed by atoms with E-state index in [-0.39, 0.29) is 17.5 Å². The normalized spacial score (nSPS) is 17.5. The first-order valence-corrected chi connectivity index (χ1v) is 7.48. The minimum Gasteiger partial charge on any atom is -0.478 e. The van der Waals surface area contributed by atoms with Gasteiger partial charge in [0.15, 0.2) is 0 Å². The molecule has 2 rings (SSSR count). The van der Waals surface area contributed by atoms with Crippen molar-refractivity contribution in [2.24, 2.45) is 0 Å². The summed E-state index contributed by atoms with van der Waals surface area (Å²) in [6.07, 6.45) is 2.56. The van der Waals surface area contributed by atoms with Gasteiger partial charge in [-0.1, -0.05) is 26.0 Å². The van der Waals surface area contributed by atoms with Gasteiger partial charge in [0.25, 0.3) is 0 Å². The number of hydrogen-bond acceptors (Lipinski definition) is 3. The van der Waals surface area contributed by atoms with Gasteiger partial charge in [0.1, 0.15) is 0 Å². The Kier molecular flexibility index (Phi) is 4.96. The number of aromatic carboxylic acids is 1. The fourth-order valence-corrected chi connectivity index (χ4v) is 2.90.